The average molecular weight is 299 g/mol. The lowest BCUT2D eigenvalue weighted by atomic mass is 10.2. The Kier molecular flexibility index (Phi) is 8.07. The van der Waals surface area contributed by atoms with Crippen molar-refractivity contribution in [3.63, 3.8) is 0 Å². The topological polar surface area (TPSA) is 39.1 Å². The van der Waals surface area contributed by atoms with Crippen LogP contribution in [0, 0.1) is 0 Å². The molecule has 0 aromatic carbocycles. The van der Waals surface area contributed by atoms with Crippen LogP contribution in [0.25, 0.3) is 0 Å². The lowest BCUT2D eigenvalue weighted by molar-refractivity contribution is 0.395. The first kappa shape index (κ1) is 17.4. The number of hydrogen-bond acceptors (Lipinski definition) is 4. The molecule has 1 N–H and O–H groups in total. The van der Waals surface area contributed by atoms with Crippen molar-refractivity contribution in [2.75, 3.05) is 19.4 Å². The molecule has 1 atom stereocenters. The normalized spacial score (nSPS) is 12.9. The van der Waals surface area contributed by atoms with Gasteiger partial charge in [-0.3, -0.25) is 4.68 Å². The van der Waals surface area contributed by atoms with E-state index in [0.717, 1.165) is 37.4 Å². The fourth-order valence-corrected chi connectivity index (χ4v) is 2.97. The molecule has 0 aliphatic rings. The van der Waals surface area contributed by atoms with Crippen LogP contribution < -0.4 is 10.1 Å². The van der Waals surface area contributed by atoms with Crippen molar-refractivity contribution in [2.24, 2.45) is 0 Å². The average Bonchev–Trinajstić information content (AvgIpc) is 2.82. The largest absolute Gasteiger partial charge is 0.493 e. The Labute approximate surface area is 127 Å². The minimum Gasteiger partial charge on any atom is -0.493 e. The molecule has 0 saturated heterocycles. The van der Waals surface area contributed by atoms with Gasteiger partial charge in [0, 0.05) is 12.3 Å². The maximum atomic E-state index is 5.51. The fraction of sp³-hybridized carbons (Fsp3) is 0.800. The molecule has 0 radical (unpaired) electrons. The van der Waals surface area contributed by atoms with Crippen LogP contribution in [0.1, 0.15) is 52.3 Å². The van der Waals surface area contributed by atoms with Gasteiger partial charge in [-0.2, -0.15) is 16.9 Å². The SMILES string of the molecule is CCCNC(CSC(C)C)c1c(OC)cnn1CCC. The van der Waals surface area contributed by atoms with Crippen LogP contribution in [-0.4, -0.2) is 34.4 Å². The first-order valence-electron chi connectivity index (χ1n) is 7.58. The van der Waals surface area contributed by atoms with Gasteiger partial charge in [0.05, 0.1) is 25.0 Å². The molecule has 1 aromatic heterocycles. The van der Waals surface area contributed by atoms with Crippen molar-refractivity contribution in [3.8, 4) is 5.75 Å². The van der Waals surface area contributed by atoms with E-state index in [-0.39, 0.29) is 0 Å². The lowest BCUT2D eigenvalue weighted by Gasteiger charge is -2.21. The van der Waals surface area contributed by atoms with Gasteiger partial charge in [0.1, 0.15) is 0 Å². The van der Waals surface area contributed by atoms with Crippen LogP contribution in [0.3, 0.4) is 0 Å². The highest BCUT2D eigenvalue weighted by atomic mass is 32.2. The summed E-state index contributed by atoms with van der Waals surface area (Å²) < 4.78 is 7.60. The first-order chi connectivity index (χ1) is 9.63. The van der Waals surface area contributed by atoms with E-state index in [9.17, 15) is 0 Å². The predicted molar refractivity (Wildman–Crippen MR) is 87.7 cm³/mol. The van der Waals surface area contributed by atoms with Crippen LogP contribution in [0.4, 0.5) is 0 Å². The Balaban J connectivity index is 2.93. The number of thioether (sulfide) groups is 1. The maximum Gasteiger partial charge on any atom is 0.161 e. The molecule has 1 heterocycles. The van der Waals surface area contributed by atoms with E-state index in [2.05, 4.69) is 42.8 Å². The van der Waals surface area contributed by atoms with Gasteiger partial charge in [-0.25, -0.2) is 0 Å². The second-order valence-corrected chi connectivity index (χ2v) is 6.82. The van der Waals surface area contributed by atoms with E-state index in [1.807, 2.05) is 18.0 Å². The monoisotopic (exact) mass is 299 g/mol. The zero-order valence-electron chi connectivity index (χ0n) is 13.5. The minimum atomic E-state index is 0.298. The Morgan fingerprint density at radius 3 is 2.65 bits per heavy atom. The van der Waals surface area contributed by atoms with Gasteiger partial charge >= 0.3 is 0 Å². The van der Waals surface area contributed by atoms with Crippen LogP contribution in [0.2, 0.25) is 0 Å². The summed E-state index contributed by atoms with van der Waals surface area (Å²) in [6.45, 7) is 10.8. The molecular formula is C15H29N3OS. The van der Waals surface area contributed by atoms with Gasteiger partial charge in [-0.05, 0) is 24.6 Å². The lowest BCUT2D eigenvalue weighted by Crippen LogP contribution is -2.27. The van der Waals surface area contributed by atoms with Crippen molar-refractivity contribution in [1.29, 1.82) is 0 Å². The summed E-state index contributed by atoms with van der Waals surface area (Å²) >= 11 is 1.97. The minimum absolute atomic E-state index is 0.298. The Morgan fingerprint density at radius 1 is 1.35 bits per heavy atom. The van der Waals surface area contributed by atoms with Crippen LogP contribution in [0.15, 0.2) is 6.20 Å². The maximum absolute atomic E-state index is 5.51. The van der Waals surface area contributed by atoms with Gasteiger partial charge in [0.25, 0.3) is 0 Å². The molecule has 0 saturated carbocycles. The standard InChI is InChI=1S/C15H29N3OS/c1-6-8-16-13(11-20-12(3)4)15-14(19-5)10-17-18(15)9-7-2/h10,12-13,16H,6-9,11H2,1-5H3. The summed E-state index contributed by atoms with van der Waals surface area (Å²) in [5.41, 5.74) is 1.19. The van der Waals surface area contributed by atoms with Crippen molar-refractivity contribution in [1.82, 2.24) is 15.1 Å². The van der Waals surface area contributed by atoms with Gasteiger partial charge in [-0.15, -0.1) is 0 Å². The highest BCUT2D eigenvalue weighted by Gasteiger charge is 2.21. The molecule has 1 rings (SSSR count). The number of ether oxygens (including phenoxy) is 1. The molecule has 116 valence electrons. The Bertz CT molecular complexity index is 379. The summed E-state index contributed by atoms with van der Waals surface area (Å²) in [6.07, 6.45) is 4.05. The number of rotatable bonds is 10. The van der Waals surface area contributed by atoms with E-state index in [1.54, 1.807) is 7.11 Å². The van der Waals surface area contributed by atoms with E-state index >= 15 is 0 Å². The molecule has 0 aliphatic heterocycles. The van der Waals surface area contributed by atoms with Crippen molar-refractivity contribution in [2.45, 2.75) is 58.4 Å². The van der Waals surface area contributed by atoms with Gasteiger partial charge in [0.15, 0.2) is 5.75 Å². The third-order valence-corrected chi connectivity index (χ3v) is 4.26. The number of aryl methyl sites for hydroxylation is 1. The molecule has 1 unspecified atom stereocenters. The smallest absolute Gasteiger partial charge is 0.161 e. The number of hydrogen-bond donors (Lipinski definition) is 1. The highest BCUT2D eigenvalue weighted by Crippen LogP contribution is 2.29. The molecule has 5 heteroatoms. The third-order valence-electron chi connectivity index (χ3n) is 3.07. The molecule has 1 aromatic rings. The molecule has 0 spiro atoms. The molecule has 4 nitrogen and oxygen atoms in total. The zero-order chi connectivity index (χ0) is 15.0. The summed E-state index contributed by atoms with van der Waals surface area (Å²) in [7, 11) is 1.73. The van der Waals surface area contributed by atoms with Crippen LogP contribution in [0.5, 0.6) is 5.75 Å². The quantitative estimate of drug-likeness (QED) is 0.718. The second kappa shape index (κ2) is 9.29. The summed E-state index contributed by atoms with van der Waals surface area (Å²) in [5.74, 6) is 1.94. The van der Waals surface area contributed by atoms with Gasteiger partial charge < -0.3 is 10.1 Å². The van der Waals surface area contributed by atoms with E-state index in [1.165, 1.54) is 5.69 Å². The first-order valence-corrected chi connectivity index (χ1v) is 8.63. The van der Waals surface area contributed by atoms with Crippen LogP contribution in [-0.2, 0) is 6.54 Å². The van der Waals surface area contributed by atoms with Crippen molar-refractivity contribution >= 4 is 11.8 Å². The van der Waals surface area contributed by atoms with Gasteiger partial charge in [-0.1, -0.05) is 27.7 Å². The summed E-state index contributed by atoms with van der Waals surface area (Å²) in [5, 5.41) is 8.75. The molecule has 20 heavy (non-hydrogen) atoms. The zero-order valence-corrected chi connectivity index (χ0v) is 14.3. The number of nitrogens with zero attached hydrogens (tertiary/aromatic N) is 2. The number of aromatic nitrogens is 2. The van der Waals surface area contributed by atoms with E-state index in [4.69, 9.17) is 4.74 Å². The summed E-state index contributed by atoms with van der Waals surface area (Å²) in [6, 6.07) is 0.298. The van der Waals surface area contributed by atoms with Crippen LogP contribution >= 0.6 is 11.8 Å². The summed E-state index contributed by atoms with van der Waals surface area (Å²) in [4.78, 5) is 0. The predicted octanol–water partition coefficient (Wildman–Crippen LogP) is 3.48. The van der Waals surface area contributed by atoms with Gasteiger partial charge in [0.2, 0.25) is 0 Å². The van der Waals surface area contributed by atoms with Crippen molar-refractivity contribution in [3.05, 3.63) is 11.9 Å². The Hall–Kier alpha value is -0.680. The number of methoxy groups -OCH3 is 1. The number of nitrogens with one attached hydrogen (secondary N) is 1. The fourth-order valence-electron chi connectivity index (χ4n) is 2.12. The molecule has 0 amide bonds. The molecule has 0 aliphatic carbocycles. The molecular weight excluding hydrogens is 270 g/mol. The molecule has 0 fully saturated rings. The van der Waals surface area contributed by atoms with E-state index < -0.39 is 0 Å². The molecule has 0 bridgehead atoms. The Morgan fingerprint density at radius 2 is 2.10 bits per heavy atom. The van der Waals surface area contributed by atoms with E-state index in [0.29, 0.717) is 11.3 Å². The van der Waals surface area contributed by atoms with Crippen molar-refractivity contribution < 1.29 is 4.74 Å². The second-order valence-electron chi connectivity index (χ2n) is 5.21. The third kappa shape index (κ3) is 5.02. The highest BCUT2D eigenvalue weighted by molar-refractivity contribution is 7.99.